The van der Waals surface area contributed by atoms with Crippen LogP contribution in [-0.4, -0.2) is 6.04 Å². The van der Waals surface area contributed by atoms with E-state index in [-0.39, 0.29) is 31.1 Å². The van der Waals surface area contributed by atoms with E-state index >= 15 is 0 Å². The normalized spacial score (nSPS) is 18.4. The maximum Gasteiger partial charge on any atom is 0 e. The SMILES string of the molecule is C[C-](C)NC1CC1.[U]. The molecular formula is C6H12NU-. The summed E-state index contributed by atoms with van der Waals surface area (Å²) in [7, 11) is 0. The molecule has 1 nitrogen and oxygen atoms in total. The van der Waals surface area contributed by atoms with Crippen LogP contribution in [0.2, 0.25) is 0 Å². The van der Waals surface area contributed by atoms with Crippen LogP contribution >= 0.6 is 0 Å². The minimum absolute atomic E-state index is 0. The van der Waals surface area contributed by atoms with Gasteiger partial charge in [-0.3, -0.25) is 6.04 Å². The van der Waals surface area contributed by atoms with Crippen molar-refractivity contribution in [2.75, 3.05) is 0 Å². The summed E-state index contributed by atoms with van der Waals surface area (Å²) in [6.45, 7) is 4.22. The Kier molecular flexibility index (Phi) is 4.43. The molecule has 0 radical (unpaired) electrons. The van der Waals surface area contributed by atoms with Gasteiger partial charge in [0.05, 0.1) is 0 Å². The van der Waals surface area contributed by atoms with Crippen LogP contribution in [-0.2, 0) is 0 Å². The van der Waals surface area contributed by atoms with Crippen LogP contribution < -0.4 is 5.32 Å². The topological polar surface area (TPSA) is 12.0 Å². The molecule has 1 N–H and O–H groups in total. The van der Waals surface area contributed by atoms with Crippen molar-refractivity contribution >= 4 is 0 Å². The molecule has 0 unspecified atom stereocenters. The van der Waals surface area contributed by atoms with Crippen molar-refractivity contribution in [3.63, 3.8) is 0 Å². The molecule has 46 valence electrons. The van der Waals surface area contributed by atoms with Crippen molar-refractivity contribution in [3.05, 3.63) is 6.04 Å². The third kappa shape index (κ3) is 3.95. The minimum Gasteiger partial charge on any atom is -0.465 e. The molecule has 1 aliphatic carbocycles. The number of hydrogen-bond donors (Lipinski definition) is 1. The zero-order chi connectivity index (χ0) is 5.28. The Morgan fingerprint density at radius 3 is 2.00 bits per heavy atom. The second kappa shape index (κ2) is 3.93. The Labute approximate surface area is 75.0 Å². The van der Waals surface area contributed by atoms with E-state index in [0.717, 1.165) is 6.04 Å². The van der Waals surface area contributed by atoms with Crippen LogP contribution in [0.15, 0.2) is 0 Å². The molecule has 2 heteroatoms. The molecule has 0 aromatic rings. The second-order valence-electron chi connectivity index (χ2n) is 2.42. The van der Waals surface area contributed by atoms with Crippen molar-refractivity contribution in [2.24, 2.45) is 0 Å². The maximum absolute atomic E-state index is 3.33. The van der Waals surface area contributed by atoms with Gasteiger partial charge in [0.25, 0.3) is 0 Å². The molecule has 0 aromatic heterocycles. The summed E-state index contributed by atoms with van der Waals surface area (Å²) >= 11 is 0. The van der Waals surface area contributed by atoms with Gasteiger partial charge in [0.15, 0.2) is 0 Å². The molecule has 0 aliphatic heterocycles. The molecule has 0 bridgehead atoms. The average molecular weight is 336 g/mol. The standard InChI is InChI=1S/C6H12N.U/c1-5(2)7-6-3-4-6;/h6-7H,3-4H2,1-2H3;/q-1;. The van der Waals surface area contributed by atoms with E-state index in [4.69, 9.17) is 0 Å². The molecule has 1 rings (SSSR count). The van der Waals surface area contributed by atoms with Gasteiger partial charge in [0.2, 0.25) is 0 Å². The molecule has 0 aromatic carbocycles. The van der Waals surface area contributed by atoms with Crippen LogP contribution in [0.5, 0.6) is 0 Å². The summed E-state index contributed by atoms with van der Waals surface area (Å²) in [5, 5.41) is 3.33. The number of nitrogens with one attached hydrogen (secondary N) is 1. The second-order valence-corrected chi connectivity index (χ2v) is 2.42. The van der Waals surface area contributed by atoms with E-state index in [1.807, 2.05) is 0 Å². The third-order valence-electron chi connectivity index (χ3n) is 1.07. The monoisotopic (exact) mass is 336 g/mol. The van der Waals surface area contributed by atoms with Gasteiger partial charge >= 0.3 is 0 Å². The van der Waals surface area contributed by atoms with Gasteiger partial charge in [-0.15, -0.1) is 0 Å². The van der Waals surface area contributed by atoms with Gasteiger partial charge in [-0.2, -0.15) is 13.8 Å². The average Bonchev–Trinajstić information content (AvgIpc) is 2.17. The first-order chi connectivity index (χ1) is 3.29. The Morgan fingerprint density at radius 2 is 1.88 bits per heavy atom. The Balaban J connectivity index is 0.000000490. The molecule has 0 amide bonds. The van der Waals surface area contributed by atoms with E-state index in [2.05, 4.69) is 19.2 Å². The smallest absolute Gasteiger partial charge is 0 e. The van der Waals surface area contributed by atoms with Gasteiger partial charge < -0.3 is 5.32 Å². The molecule has 1 aliphatic rings. The molecule has 0 atom stereocenters. The fraction of sp³-hybridized carbons (Fsp3) is 0.833. The zero-order valence-corrected chi connectivity index (χ0v) is 9.66. The van der Waals surface area contributed by atoms with Crippen molar-refractivity contribution in [1.82, 2.24) is 5.32 Å². The molecular weight excluding hydrogens is 324 g/mol. The van der Waals surface area contributed by atoms with Gasteiger partial charge in [-0.25, -0.2) is 0 Å². The largest absolute Gasteiger partial charge is 0.465 e. The molecule has 8 heavy (non-hydrogen) atoms. The van der Waals surface area contributed by atoms with Gasteiger partial charge in [-0.05, 0) is 18.9 Å². The van der Waals surface area contributed by atoms with Crippen molar-refractivity contribution < 1.29 is 31.1 Å². The van der Waals surface area contributed by atoms with E-state index in [1.54, 1.807) is 0 Å². The van der Waals surface area contributed by atoms with Crippen molar-refractivity contribution in [1.29, 1.82) is 0 Å². The summed E-state index contributed by atoms with van der Waals surface area (Å²) in [6, 6.07) is 2.19. The van der Waals surface area contributed by atoms with Crippen molar-refractivity contribution in [2.45, 2.75) is 32.7 Å². The first-order valence-electron chi connectivity index (χ1n) is 2.86. The van der Waals surface area contributed by atoms with Crippen LogP contribution in [0.25, 0.3) is 0 Å². The molecule has 1 fully saturated rings. The fourth-order valence-corrected chi connectivity index (χ4v) is 0.636. The Morgan fingerprint density at radius 1 is 1.38 bits per heavy atom. The summed E-state index contributed by atoms with van der Waals surface area (Å²) in [6.07, 6.45) is 2.76. The van der Waals surface area contributed by atoms with E-state index < -0.39 is 0 Å². The third-order valence-corrected chi connectivity index (χ3v) is 1.07. The van der Waals surface area contributed by atoms with E-state index in [9.17, 15) is 0 Å². The predicted octanol–water partition coefficient (Wildman–Crippen LogP) is 1.31. The Hall–Kier alpha value is 1.01. The van der Waals surface area contributed by atoms with Gasteiger partial charge in [0.1, 0.15) is 0 Å². The van der Waals surface area contributed by atoms with Crippen LogP contribution in [0.4, 0.5) is 0 Å². The summed E-state index contributed by atoms with van der Waals surface area (Å²) in [4.78, 5) is 0. The Bertz CT molecular complexity index is 59.5. The van der Waals surface area contributed by atoms with E-state index in [1.165, 1.54) is 18.9 Å². The summed E-state index contributed by atoms with van der Waals surface area (Å²) in [5.74, 6) is 0. The molecule has 1 saturated carbocycles. The fourth-order valence-electron chi connectivity index (χ4n) is 0.636. The maximum atomic E-state index is 3.33. The first-order valence-corrected chi connectivity index (χ1v) is 2.86. The summed E-state index contributed by atoms with van der Waals surface area (Å²) < 4.78 is 0. The zero-order valence-electron chi connectivity index (χ0n) is 5.49. The van der Waals surface area contributed by atoms with Crippen molar-refractivity contribution in [3.8, 4) is 0 Å². The summed E-state index contributed by atoms with van der Waals surface area (Å²) in [5.41, 5.74) is 0. The quantitative estimate of drug-likeness (QED) is 0.750. The predicted molar refractivity (Wildman–Crippen MR) is 30.7 cm³/mol. The number of rotatable bonds is 2. The van der Waals surface area contributed by atoms with Crippen LogP contribution in [0.3, 0.4) is 0 Å². The van der Waals surface area contributed by atoms with Gasteiger partial charge in [-0.1, -0.05) is 0 Å². The first kappa shape index (κ1) is 9.01. The number of hydrogen-bond acceptors (Lipinski definition) is 1. The van der Waals surface area contributed by atoms with Crippen LogP contribution in [0, 0.1) is 37.2 Å². The molecule has 0 saturated heterocycles. The van der Waals surface area contributed by atoms with Crippen LogP contribution in [0.1, 0.15) is 26.7 Å². The molecule has 0 heterocycles. The van der Waals surface area contributed by atoms with E-state index in [0.29, 0.717) is 0 Å². The van der Waals surface area contributed by atoms with Gasteiger partial charge in [0, 0.05) is 31.1 Å². The molecule has 0 spiro atoms. The minimum atomic E-state index is 0.